The van der Waals surface area contributed by atoms with Crippen LogP contribution in [0.4, 0.5) is 11.4 Å². The second kappa shape index (κ2) is 5.66. The van der Waals surface area contributed by atoms with Crippen LogP contribution in [-0.4, -0.2) is 15.0 Å². The number of aromatic hydroxyl groups is 1. The van der Waals surface area contributed by atoms with E-state index in [2.05, 4.69) is 26.2 Å². The number of anilines is 1. The van der Waals surface area contributed by atoms with Gasteiger partial charge in [0.15, 0.2) is 0 Å². The van der Waals surface area contributed by atoms with Crippen molar-refractivity contribution in [2.75, 3.05) is 5.32 Å². The number of pyridine rings is 1. The molecule has 2 aromatic rings. The van der Waals surface area contributed by atoms with Gasteiger partial charge in [-0.15, -0.1) is 0 Å². The Bertz CT molecular complexity index is 619. The molecule has 0 fully saturated rings. The van der Waals surface area contributed by atoms with Crippen LogP contribution in [-0.2, 0) is 6.54 Å². The molecule has 0 aliphatic carbocycles. The van der Waals surface area contributed by atoms with E-state index in [4.69, 9.17) is 0 Å². The van der Waals surface area contributed by atoms with E-state index in [9.17, 15) is 15.2 Å². The number of nitrogens with zero attached hydrogens (tertiary/aromatic N) is 2. The number of phenols is 1. The van der Waals surface area contributed by atoms with E-state index < -0.39 is 4.92 Å². The molecule has 7 heteroatoms. The first-order valence-corrected chi connectivity index (χ1v) is 6.17. The highest BCUT2D eigenvalue weighted by Crippen LogP contribution is 2.31. The molecule has 2 rings (SSSR count). The Hall–Kier alpha value is -2.15. The predicted octanol–water partition coefficient (Wildman–Crippen LogP) is 3.07. The van der Waals surface area contributed by atoms with Gasteiger partial charge in [0.25, 0.3) is 0 Å². The normalized spacial score (nSPS) is 10.2. The maximum Gasteiger partial charge on any atom is 0.311 e. The van der Waals surface area contributed by atoms with Crippen molar-refractivity contribution < 1.29 is 10.0 Å². The molecule has 1 heterocycles. The first-order valence-electron chi connectivity index (χ1n) is 5.38. The number of phenolic OH excluding ortho intramolecular Hbond substituents is 1. The maximum absolute atomic E-state index is 10.9. The number of nitro groups is 1. The Kier molecular flexibility index (Phi) is 3.96. The van der Waals surface area contributed by atoms with Gasteiger partial charge in [0, 0.05) is 18.3 Å². The third-order valence-electron chi connectivity index (χ3n) is 2.52. The van der Waals surface area contributed by atoms with Crippen LogP contribution in [0.15, 0.2) is 41.1 Å². The molecular weight excluding hydrogens is 314 g/mol. The van der Waals surface area contributed by atoms with Crippen LogP contribution in [0.5, 0.6) is 5.75 Å². The molecule has 2 N–H and O–H groups in total. The molecular formula is C12H10BrN3O3. The number of halogens is 1. The molecule has 0 bridgehead atoms. The number of para-hydroxylation sites is 1. The fraction of sp³-hybridized carbons (Fsp3) is 0.0833. The van der Waals surface area contributed by atoms with E-state index in [0.29, 0.717) is 15.7 Å². The van der Waals surface area contributed by atoms with Gasteiger partial charge in [0.1, 0.15) is 17.6 Å². The number of nitrogens with one attached hydrogen (secondary N) is 1. The molecule has 0 unspecified atom stereocenters. The lowest BCUT2D eigenvalue weighted by Crippen LogP contribution is -2.04. The van der Waals surface area contributed by atoms with Crippen molar-refractivity contribution in [3.63, 3.8) is 0 Å². The van der Waals surface area contributed by atoms with Crippen molar-refractivity contribution >= 4 is 27.3 Å². The average molecular weight is 324 g/mol. The van der Waals surface area contributed by atoms with E-state index in [-0.39, 0.29) is 18.0 Å². The Morgan fingerprint density at radius 1 is 1.37 bits per heavy atom. The number of hydrogen-bond donors (Lipinski definition) is 2. The molecule has 0 amide bonds. The lowest BCUT2D eigenvalue weighted by molar-refractivity contribution is -0.384. The minimum Gasteiger partial charge on any atom is -0.508 e. The van der Waals surface area contributed by atoms with Gasteiger partial charge in [-0.3, -0.25) is 15.1 Å². The summed E-state index contributed by atoms with van der Waals surface area (Å²) < 4.78 is 0.497. The summed E-state index contributed by atoms with van der Waals surface area (Å²) >= 11 is 3.22. The molecule has 0 aliphatic rings. The van der Waals surface area contributed by atoms with Crippen LogP contribution >= 0.6 is 15.9 Å². The zero-order valence-electron chi connectivity index (χ0n) is 9.71. The second-order valence-corrected chi connectivity index (χ2v) is 4.61. The van der Waals surface area contributed by atoms with Crippen molar-refractivity contribution in [3.05, 3.63) is 56.8 Å². The molecule has 98 valence electrons. The summed E-state index contributed by atoms with van der Waals surface area (Å²) in [5, 5.41) is 23.5. The first-order chi connectivity index (χ1) is 9.09. The molecule has 1 aromatic heterocycles. The summed E-state index contributed by atoms with van der Waals surface area (Å²) in [6.45, 7) is 0.274. The largest absolute Gasteiger partial charge is 0.508 e. The van der Waals surface area contributed by atoms with Gasteiger partial charge in [0.2, 0.25) is 0 Å². The Morgan fingerprint density at radius 2 is 2.11 bits per heavy atom. The van der Waals surface area contributed by atoms with Crippen molar-refractivity contribution in [1.82, 2.24) is 4.98 Å². The van der Waals surface area contributed by atoms with Gasteiger partial charge in [-0.25, -0.2) is 0 Å². The Balaban J connectivity index is 2.25. The molecule has 0 saturated carbocycles. The summed E-state index contributed by atoms with van der Waals surface area (Å²) in [5.41, 5.74) is 0.869. The lowest BCUT2D eigenvalue weighted by Gasteiger charge is -2.09. The fourth-order valence-corrected chi connectivity index (χ4v) is 2.04. The second-order valence-electron chi connectivity index (χ2n) is 3.75. The third-order valence-corrected chi connectivity index (χ3v) is 3.12. The highest BCUT2D eigenvalue weighted by molar-refractivity contribution is 9.10. The van der Waals surface area contributed by atoms with Crippen LogP contribution in [0.2, 0.25) is 0 Å². The molecule has 0 aliphatic heterocycles. The summed E-state index contributed by atoms with van der Waals surface area (Å²) in [5.74, 6) is 0.142. The predicted molar refractivity (Wildman–Crippen MR) is 74.0 cm³/mol. The topological polar surface area (TPSA) is 88.3 Å². The van der Waals surface area contributed by atoms with Crippen molar-refractivity contribution in [2.45, 2.75) is 6.54 Å². The standard InChI is InChI=1S/C12H10BrN3O3/c13-9-6-14-7-10(16(18)19)12(9)15-5-8-3-1-2-4-11(8)17/h1-4,6-7,17H,5H2,(H,14,15). The Labute approximate surface area is 117 Å². The van der Waals surface area contributed by atoms with Crippen LogP contribution in [0, 0.1) is 10.1 Å². The van der Waals surface area contributed by atoms with Crippen molar-refractivity contribution in [3.8, 4) is 5.75 Å². The van der Waals surface area contributed by atoms with Crippen LogP contribution in [0.1, 0.15) is 5.56 Å². The summed E-state index contributed by atoms with van der Waals surface area (Å²) in [6.07, 6.45) is 2.65. The smallest absolute Gasteiger partial charge is 0.311 e. The van der Waals surface area contributed by atoms with Gasteiger partial charge < -0.3 is 10.4 Å². The van der Waals surface area contributed by atoms with E-state index in [1.54, 1.807) is 24.3 Å². The summed E-state index contributed by atoms with van der Waals surface area (Å²) in [7, 11) is 0. The molecule has 0 saturated heterocycles. The van der Waals surface area contributed by atoms with Gasteiger partial charge >= 0.3 is 5.69 Å². The number of aromatic nitrogens is 1. The highest BCUT2D eigenvalue weighted by atomic mass is 79.9. The zero-order valence-corrected chi connectivity index (χ0v) is 11.3. The van der Waals surface area contributed by atoms with E-state index in [1.807, 2.05) is 0 Å². The van der Waals surface area contributed by atoms with E-state index in [0.717, 1.165) is 0 Å². The molecule has 0 spiro atoms. The fourth-order valence-electron chi connectivity index (χ4n) is 1.58. The van der Waals surface area contributed by atoms with E-state index >= 15 is 0 Å². The summed E-state index contributed by atoms with van der Waals surface area (Å²) in [4.78, 5) is 14.2. The molecule has 0 atom stereocenters. The molecule has 19 heavy (non-hydrogen) atoms. The van der Waals surface area contributed by atoms with Crippen molar-refractivity contribution in [2.24, 2.45) is 0 Å². The average Bonchev–Trinajstić information content (AvgIpc) is 2.38. The molecule has 6 nitrogen and oxygen atoms in total. The molecule has 1 aromatic carbocycles. The number of benzene rings is 1. The van der Waals surface area contributed by atoms with Gasteiger partial charge in [-0.2, -0.15) is 0 Å². The first kappa shape index (κ1) is 13.3. The quantitative estimate of drug-likeness (QED) is 0.666. The third kappa shape index (κ3) is 3.00. The SMILES string of the molecule is O=[N+]([O-])c1cncc(Br)c1NCc1ccccc1O. The van der Waals surface area contributed by atoms with Crippen LogP contribution < -0.4 is 5.32 Å². The van der Waals surface area contributed by atoms with Gasteiger partial charge in [-0.1, -0.05) is 18.2 Å². The van der Waals surface area contributed by atoms with Gasteiger partial charge in [-0.05, 0) is 22.0 Å². The lowest BCUT2D eigenvalue weighted by atomic mass is 10.2. The Morgan fingerprint density at radius 3 is 2.79 bits per heavy atom. The maximum atomic E-state index is 10.9. The van der Waals surface area contributed by atoms with E-state index in [1.165, 1.54) is 12.4 Å². The molecule has 0 radical (unpaired) electrons. The van der Waals surface area contributed by atoms with Crippen molar-refractivity contribution in [1.29, 1.82) is 0 Å². The highest BCUT2D eigenvalue weighted by Gasteiger charge is 2.17. The van der Waals surface area contributed by atoms with Gasteiger partial charge in [0.05, 0.1) is 9.40 Å². The monoisotopic (exact) mass is 323 g/mol. The minimum absolute atomic E-state index is 0.121. The summed E-state index contributed by atoms with van der Waals surface area (Å²) in [6, 6.07) is 6.80. The number of hydrogen-bond acceptors (Lipinski definition) is 5. The number of rotatable bonds is 4. The zero-order chi connectivity index (χ0) is 13.8. The van der Waals surface area contributed by atoms with Crippen LogP contribution in [0.3, 0.4) is 0 Å². The van der Waals surface area contributed by atoms with Crippen LogP contribution in [0.25, 0.3) is 0 Å². The minimum atomic E-state index is -0.509.